The third-order valence-corrected chi connectivity index (χ3v) is 1.13. The van der Waals surface area contributed by atoms with Crippen molar-refractivity contribution in [3.8, 4) is 0 Å². The molecule has 0 saturated carbocycles. The number of anilines is 1. The smallest absolute Gasteiger partial charge is 0.219 e. The number of hydrogen-bond acceptors (Lipinski definition) is 3. The van der Waals surface area contributed by atoms with E-state index in [0.29, 0.717) is 5.95 Å². The molecule has 0 radical (unpaired) electrons. The van der Waals surface area contributed by atoms with E-state index in [0.717, 1.165) is 12.7 Å². The van der Waals surface area contributed by atoms with Gasteiger partial charge in [0.25, 0.3) is 0 Å². The lowest BCUT2D eigenvalue weighted by molar-refractivity contribution is 1.20. The summed E-state index contributed by atoms with van der Waals surface area (Å²) >= 11 is 0. The van der Waals surface area contributed by atoms with Crippen LogP contribution in [0.3, 0.4) is 0 Å². The maximum atomic E-state index is 5.26. The van der Waals surface area contributed by atoms with Crippen LogP contribution in [0.2, 0.25) is 6.82 Å². The quantitative estimate of drug-likeness (QED) is 0.493. The van der Waals surface area contributed by atoms with Crippen LogP contribution in [-0.2, 0) is 0 Å². The topological polar surface area (TPSA) is 51.8 Å². The molecule has 0 aromatic carbocycles. The van der Waals surface area contributed by atoms with Gasteiger partial charge in [-0.2, -0.15) is 0 Å². The van der Waals surface area contributed by atoms with Crippen molar-refractivity contribution >= 4 is 18.7 Å². The summed E-state index contributed by atoms with van der Waals surface area (Å²) in [7, 11) is 0.959. The second-order valence-corrected chi connectivity index (χ2v) is 1.80. The highest BCUT2D eigenvalue weighted by atomic mass is 15.0. The second kappa shape index (κ2) is 2.48. The van der Waals surface area contributed by atoms with Crippen LogP contribution >= 0.6 is 0 Å². The molecule has 1 heterocycles. The Labute approximate surface area is 54.6 Å². The first-order valence-corrected chi connectivity index (χ1v) is 2.89. The van der Waals surface area contributed by atoms with Gasteiger partial charge in [0, 0.05) is 12.4 Å². The molecule has 1 rings (SSSR count). The predicted octanol–water partition coefficient (Wildman–Crippen LogP) is -0.831. The van der Waals surface area contributed by atoms with Gasteiger partial charge in [-0.05, 0) is 5.46 Å². The molecule has 46 valence electrons. The molecule has 0 amide bonds. The summed E-state index contributed by atoms with van der Waals surface area (Å²) in [4.78, 5) is 7.63. The van der Waals surface area contributed by atoms with Crippen molar-refractivity contribution in [1.29, 1.82) is 0 Å². The number of hydrogen-bond donors (Lipinski definition) is 1. The van der Waals surface area contributed by atoms with E-state index in [1.807, 2.05) is 0 Å². The van der Waals surface area contributed by atoms with E-state index in [2.05, 4.69) is 16.8 Å². The van der Waals surface area contributed by atoms with E-state index in [-0.39, 0.29) is 0 Å². The lowest BCUT2D eigenvalue weighted by Crippen LogP contribution is -2.12. The standard InChI is InChI=1S/C5H8BN3/c1-6-4-2-8-5(7)9-3-4/h2-3,6H,1H3,(H2,7,8,9). The Morgan fingerprint density at radius 1 is 1.44 bits per heavy atom. The summed E-state index contributed by atoms with van der Waals surface area (Å²) in [5.41, 5.74) is 6.37. The van der Waals surface area contributed by atoms with Gasteiger partial charge in [-0.1, -0.05) is 6.82 Å². The molecule has 0 atom stereocenters. The molecule has 0 unspecified atom stereocenters. The summed E-state index contributed by atoms with van der Waals surface area (Å²) in [5.74, 6) is 0.340. The van der Waals surface area contributed by atoms with Crippen molar-refractivity contribution in [3.63, 3.8) is 0 Å². The number of rotatable bonds is 1. The maximum absolute atomic E-state index is 5.26. The number of aromatic nitrogens is 2. The highest BCUT2D eigenvalue weighted by Gasteiger charge is 1.89. The molecule has 9 heavy (non-hydrogen) atoms. The van der Waals surface area contributed by atoms with Crippen LogP contribution in [0.1, 0.15) is 0 Å². The van der Waals surface area contributed by atoms with E-state index < -0.39 is 0 Å². The summed E-state index contributed by atoms with van der Waals surface area (Å²) in [6.45, 7) is 2.05. The van der Waals surface area contributed by atoms with Crippen molar-refractivity contribution in [1.82, 2.24) is 9.97 Å². The van der Waals surface area contributed by atoms with Crippen molar-refractivity contribution < 1.29 is 0 Å². The molecule has 3 nitrogen and oxygen atoms in total. The highest BCUT2D eigenvalue weighted by Crippen LogP contribution is 1.81. The molecule has 0 aliphatic rings. The first-order chi connectivity index (χ1) is 4.33. The zero-order valence-corrected chi connectivity index (χ0v) is 5.33. The van der Waals surface area contributed by atoms with Gasteiger partial charge < -0.3 is 5.73 Å². The van der Waals surface area contributed by atoms with E-state index in [1.54, 1.807) is 12.4 Å². The molecule has 2 N–H and O–H groups in total. The predicted molar refractivity (Wildman–Crippen MR) is 39.1 cm³/mol. The zero-order chi connectivity index (χ0) is 6.69. The Bertz CT molecular complexity index is 184. The van der Waals surface area contributed by atoms with Crippen LogP contribution in [-0.4, -0.2) is 17.2 Å². The van der Waals surface area contributed by atoms with E-state index >= 15 is 0 Å². The minimum absolute atomic E-state index is 0.340. The fourth-order valence-corrected chi connectivity index (χ4v) is 0.547. The van der Waals surface area contributed by atoms with Gasteiger partial charge in [0.1, 0.15) is 0 Å². The third kappa shape index (κ3) is 1.42. The zero-order valence-electron chi connectivity index (χ0n) is 5.33. The normalized spacial score (nSPS) is 9.00. The molecule has 1 aromatic rings. The van der Waals surface area contributed by atoms with Gasteiger partial charge in [-0.15, -0.1) is 0 Å². The van der Waals surface area contributed by atoms with Gasteiger partial charge in [0.2, 0.25) is 5.95 Å². The first-order valence-electron chi connectivity index (χ1n) is 2.89. The van der Waals surface area contributed by atoms with Crippen LogP contribution in [0.4, 0.5) is 5.95 Å². The Morgan fingerprint density at radius 3 is 2.44 bits per heavy atom. The third-order valence-electron chi connectivity index (χ3n) is 1.13. The monoisotopic (exact) mass is 121 g/mol. The van der Waals surface area contributed by atoms with Gasteiger partial charge in [-0.25, -0.2) is 9.97 Å². The molecular weight excluding hydrogens is 113 g/mol. The molecule has 0 fully saturated rings. The molecule has 0 aliphatic carbocycles. The first kappa shape index (κ1) is 6.07. The Balaban J connectivity index is 2.88. The average Bonchev–Trinajstić information content (AvgIpc) is 1.90. The molecule has 0 saturated heterocycles. The Kier molecular flexibility index (Phi) is 1.67. The molecule has 0 aliphatic heterocycles. The minimum Gasteiger partial charge on any atom is -0.368 e. The van der Waals surface area contributed by atoms with Gasteiger partial charge in [0.05, 0.1) is 0 Å². The van der Waals surface area contributed by atoms with Crippen LogP contribution in [0, 0.1) is 0 Å². The Hall–Kier alpha value is -1.06. The van der Waals surface area contributed by atoms with Gasteiger partial charge in [-0.3, -0.25) is 0 Å². The molecule has 0 bridgehead atoms. The second-order valence-electron chi connectivity index (χ2n) is 1.80. The summed E-state index contributed by atoms with van der Waals surface area (Å²) < 4.78 is 0. The van der Waals surface area contributed by atoms with Crippen LogP contribution in [0.15, 0.2) is 12.4 Å². The van der Waals surface area contributed by atoms with Crippen LogP contribution < -0.4 is 11.2 Å². The average molecular weight is 121 g/mol. The van der Waals surface area contributed by atoms with Crippen molar-refractivity contribution in [3.05, 3.63) is 12.4 Å². The molecule has 1 aromatic heterocycles. The number of nitrogens with zero attached hydrogens (tertiary/aromatic N) is 2. The van der Waals surface area contributed by atoms with Gasteiger partial charge in [0.15, 0.2) is 7.28 Å². The summed E-state index contributed by atoms with van der Waals surface area (Å²) in [6, 6.07) is 0. The summed E-state index contributed by atoms with van der Waals surface area (Å²) in [5, 5.41) is 0. The lowest BCUT2D eigenvalue weighted by atomic mass is 9.75. The largest absolute Gasteiger partial charge is 0.368 e. The number of nitrogen functional groups attached to an aromatic ring is 1. The fraction of sp³-hybridized carbons (Fsp3) is 0.200. The minimum atomic E-state index is 0.340. The van der Waals surface area contributed by atoms with Gasteiger partial charge >= 0.3 is 0 Å². The van der Waals surface area contributed by atoms with E-state index in [1.165, 1.54) is 0 Å². The number of nitrogens with two attached hydrogens (primary N) is 1. The maximum Gasteiger partial charge on any atom is 0.219 e. The van der Waals surface area contributed by atoms with Crippen molar-refractivity contribution in [2.24, 2.45) is 0 Å². The summed E-state index contributed by atoms with van der Waals surface area (Å²) in [6.07, 6.45) is 3.48. The van der Waals surface area contributed by atoms with Crippen molar-refractivity contribution in [2.75, 3.05) is 5.73 Å². The Morgan fingerprint density at radius 2 is 2.00 bits per heavy atom. The molecule has 0 spiro atoms. The fourth-order valence-electron chi connectivity index (χ4n) is 0.547. The highest BCUT2D eigenvalue weighted by molar-refractivity contribution is 6.51. The van der Waals surface area contributed by atoms with E-state index in [4.69, 9.17) is 5.73 Å². The lowest BCUT2D eigenvalue weighted by Gasteiger charge is -1.91. The van der Waals surface area contributed by atoms with Crippen molar-refractivity contribution in [2.45, 2.75) is 6.82 Å². The molecular formula is C5H8BN3. The van der Waals surface area contributed by atoms with Crippen LogP contribution in [0.5, 0.6) is 0 Å². The van der Waals surface area contributed by atoms with Crippen LogP contribution in [0.25, 0.3) is 0 Å². The molecule has 4 heteroatoms. The van der Waals surface area contributed by atoms with E-state index in [9.17, 15) is 0 Å². The SMILES string of the molecule is CBc1cnc(N)nc1.